The molecule has 1 aliphatic heterocycles. The molecule has 6 heteroatoms. The van der Waals surface area contributed by atoms with Crippen LogP contribution >= 0.6 is 0 Å². The average Bonchev–Trinajstić information content (AvgIpc) is 3.71. The van der Waals surface area contributed by atoms with Crippen LogP contribution in [0.3, 0.4) is 0 Å². The van der Waals surface area contributed by atoms with E-state index < -0.39 is 0 Å². The third-order valence-corrected chi connectivity index (χ3v) is 8.80. The van der Waals surface area contributed by atoms with Crippen molar-refractivity contribution < 1.29 is 9.47 Å². The Bertz CT molecular complexity index is 1590. The van der Waals surface area contributed by atoms with Crippen LogP contribution in [-0.2, 0) is 32.6 Å². The predicted octanol–water partition coefficient (Wildman–Crippen LogP) is 6.50. The summed E-state index contributed by atoms with van der Waals surface area (Å²) in [7, 11) is 0. The van der Waals surface area contributed by atoms with Gasteiger partial charge in [-0.2, -0.15) is 5.26 Å². The molecule has 0 amide bonds. The molecule has 0 spiro atoms. The summed E-state index contributed by atoms with van der Waals surface area (Å²) in [6, 6.07) is 23.5. The van der Waals surface area contributed by atoms with Crippen molar-refractivity contribution in [2.24, 2.45) is 5.73 Å². The maximum Gasteiger partial charge on any atom is 0.128 e. The lowest BCUT2D eigenvalue weighted by molar-refractivity contribution is 0.238. The zero-order valence-electron chi connectivity index (χ0n) is 24.3. The van der Waals surface area contributed by atoms with E-state index in [1.54, 1.807) is 12.4 Å². The van der Waals surface area contributed by atoms with Crippen molar-refractivity contribution in [3.05, 3.63) is 112 Å². The van der Waals surface area contributed by atoms with Gasteiger partial charge in [-0.15, -0.1) is 0 Å². The molecule has 42 heavy (non-hydrogen) atoms. The second-order valence-corrected chi connectivity index (χ2v) is 11.4. The molecule has 1 unspecified atom stereocenters. The molecule has 2 N–H and O–H groups in total. The van der Waals surface area contributed by atoms with E-state index in [0.29, 0.717) is 31.4 Å². The number of hydrogen-bond donors (Lipinski definition) is 1. The minimum Gasteiger partial charge on any atom is -0.488 e. The van der Waals surface area contributed by atoms with Crippen molar-refractivity contribution in [3.63, 3.8) is 0 Å². The fourth-order valence-corrected chi connectivity index (χ4v) is 6.51. The number of rotatable bonds is 10. The number of benzene rings is 3. The lowest BCUT2D eigenvalue weighted by Crippen LogP contribution is -2.35. The molecule has 2 heterocycles. The van der Waals surface area contributed by atoms with Crippen LogP contribution in [0.25, 0.3) is 11.1 Å². The maximum atomic E-state index is 9.33. The summed E-state index contributed by atoms with van der Waals surface area (Å²) in [5.74, 6) is 1.76. The summed E-state index contributed by atoms with van der Waals surface area (Å²) >= 11 is 0. The van der Waals surface area contributed by atoms with Crippen molar-refractivity contribution in [2.75, 3.05) is 13.1 Å². The van der Waals surface area contributed by atoms with Crippen LogP contribution in [0.4, 0.5) is 0 Å². The number of fused-ring (bicyclic) bond motifs is 1. The Kier molecular flexibility index (Phi) is 8.50. The zero-order chi connectivity index (χ0) is 28.9. The van der Waals surface area contributed by atoms with Crippen molar-refractivity contribution in [1.82, 2.24) is 9.88 Å². The molecule has 1 aromatic heterocycles. The summed E-state index contributed by atoms with van der Waals surface area (Å²) in [5, 5.41) is 9.33. The van der Waals surface area contributed by atoms with E-state index in [0.717, 1.165) is 55.8 Å². The number of nitrogens with two attached hydrogens (primary N) is 1. The minimum absolute atomic E-state index is 0.340. The maximum absolute atomic E-state index is 9.33. The minimum atomic E-state index is 0.340. The molecule has 1 fully saturated rings. The van der Waals surface area contributed by atoms with Gasteiger partial charge in [-0.3, -0.25) is 9.88 Å². The normalized spacial score (nSPS) is 16.3. The van der Waals surface area contributed by atoms with E-state index in [4.69, 9.17) is 15.2 Å². The molecule has 0 radical (unpaired) electrons. The van der Waals surface area contributed by atoms with Gasteiger partial charge in [0, 0.05) is 48.7 Å². The Morgan fingerprint density at radius 2 is 1.79 bits per heavy atom. The smallest absolute Gasteiger partial charge is 0.128 e. The van der Waals surface area contributed by atoms with Gasteiger partial charge >= 0.3 is 0 Å². The van der Waals surface area contributed by atoms with Crippen LogP contribution in [-0.4, -0.2) is 29.0 Å². The first kappa shape index (κ1) is 28.0. The van der Waals surface area contributed by atoms with E-state index >= 15 is 0 Å². The molecule has 214 valence electrons. The largest absolute Gasteiger partial charge is 0.488 e. The Balaban J connectivity index is 1.31. The van der Waals surface area contributed by atoms with Gasteiger partial charge in [0.1, 0.15) is 30.8 Å². The summed E-state index contributed by atoms with van der Waals surface area (Å²) in [5.41, 5.74) is 16.3. The Hall–Kier alpha value is -4.18. The average molecular weight is 559 g/mol. The molecule has 3 aromatic carbocycles. The number of hydrogen-bond acceptors (Lipinski definition) is 6. The molecule has 6 nitrogen and oxygen atoms in total. The van der Waals surface area contributed by atoms with E-state index in [1.807, 2.05) is 12.1 Å². The third kappa shape index (κ3) is 5.90. The predicted molar refractivity (Wildman–Crippen MR) is 165 cm³/mol. The van der Waals surface area contributed by atoms with Crippen molar-refractivity contribution >= 4 is 0 Å². The molecule has 1 atom stereocenters. The highest BCUT2D eigenvalue weighted by atomic mass is 16.5. The summed E-state index contributed by atoms with van der Waals surface area (Å²) in [6.45, 7) is 5.57. The number of nitriles is 1. The van der Waals surface area contributed by atoms with Crippen molar-refractivity contribution in [1.29, 1.82) is 5.26 Å². The first-order valence-corrected chi connectivity index (χ1v) is 15.0. The monoisotopic (exact) mass is 558 g/mol. The van der Waals surface area contributed by atoms with Crippen LogP contribution in [0, 0.1) is 18.3 Å². The first-order chi connectivity index (χ1) is 20.6. The highest BCUT2D eigenvalue weighted by Gasteiger charge is 2.29. The third-order valence-electron chi connectivity index (χ3n) is 8.80. The van der Waals surface area contributed by atoms with E-state index in [9.17, 15) is 5.26 Å². The summed E-state index contributed by atoms with van der Waals surface area (Å²) < 4.78 is 13.2. The van der Waals surface area contributed by atoms with Crippen LogP contribution in [0.5, 0.6) is 11.5 Å². The fourth-order valence-electron chi connectivity index (χ4n) is 6.51. The number of aromatic nitrogens is 1. The molecular weight excluding hydrogens is 520 g/mol. The zero-order valence-corrected chi connectivity index (χ0v) is 24.3. The Morgan fingerprint density at radius 1 is 0.952 bits per heavy atom. The Morgan fingerprint density at radius 3 is 2.62 bits per heavy atom. The fraction of sp³-hybridized carbons (Fsp3) is 0.333. The van der Waals surface area contributed by atoms with Crippen LogP contribution in [0.15, 0.2) is 73.1 Å². The van der Waals surface area contributed by atoms with Gasteiger partial charge in [0.05, 0.1) is 5.56 Å². The quantitative estimate of drug-likeness (QED) is 0.239. The first-order valence-electron chi connectivity index (χ1n) is 15.0. The van der Waals surface area contributed by atoms with Gasteiger partial charge in [-0.25, -0.2) is 0 Å². The van der Waals surface area contributed by atoms with E-state index in [1.165, 1.54) is 45.4 Å². The van der Waals surface area contributed by atoms with Gasteiger partial charge in [-0.05, 0) is 85.0 Å². The molecule has 0 bridgehead atoms. The molecule has 4 aromatic rings. The molecule has 6 rings (SSSR count). The highest BCUT2D eigenvalue weighted by Crippen LogP contribution is 2.41. The molecule has 2 aliphatic rings. The standard InChI is InChI=1S/C36H38N4O2/c1-25-29(10-5-12-31(25)28-8-3-2-4-9-28)24-42-35-17-36(41-23-27-16-26(18-37)20-39-21-27)34(32-13-6-14-33(32)35)22-40-15-7-11-30(40)19-38/h2-5,8-10,12,16-17,20-21,30H,6-7,11,13-15,19,22-24,38H2,1H3. The highest BCUT2D eigenvalue weighted by molar-refractivity contribution is 5.68. The summed E-state index contributed by atoms with van der Waals surface area (Å²) in [6.07, 6.45) is 8.80. The van der Waals surface area contributed by atoms with Gasteiger partial charge in [0.2, 0.25) is 0 Å². The van der Waals surface area contributed by atoms with Crippen molar-refractivity contribution in [2.45, 2.75) is 64.8 Å². The van der Waals surface area contributed by atoms with E-state index in [-0.39, 0.29) is 0 Å². The Labute approximate surface area is 248 Å². The number of nitrogens with zero attached hydrogens (tertiary/aromatic N) is 3. The van der Waals surface area contributed by atoms with Gasteiger partial charge in [0.15, 0.2) is 0 Å². The molecule has 1 aliphatic carbocycles. The second kappa shape index (κ2) is 12.8. The lowest BCUT2D eigenvalue weighted by Gasteiger charge is -2.27. The molecule has 0 saturated carbocycles. The van der Waals surface area contributed by atoms with Crippen molar-refractivity contribution in [3.8, 4) is 28.7 Å². The number of likely N-dealkylation sites (tertiary alicyclic amines) is 1. The van der Waals surface area contributed by atoms with Gasteiger partial charge in [0.25, 0.3) is 0 Å². The number of pyridine rings is 1. The van der Waals surface area contributed by atoms with Gasteiger partial charge in [-0.1, -0.05) is 48.5 Å². The molecular formula is C36H38N4O2. The van der Waals surface area contributed by atoms with E-state index in [2.05, 4.69) is 71.4 Å². The second-order valence-electron chi connectivity index (χ2n) is 11.4. The SMILES string of the molecule is Cc1c(COc2cc(OCc3cncc(C#N)c3)c(CN3CCCC3CN)c3c2CCC3)cccc1-c1ccccc1. The van der Waals surface area contributed by atoms with Crippen LogP contribution < -0.4 is 15.2 Å². The van der Waals surface area contributed by atoms with Gasteiger partial charge < -0.3 is 15.2 Å². The number of ether oxygens (including phenoxy) is 2. The lowest BCUT2D eigenvalue weighted by atomic mass is 9.97. The van der Waals surface area contributed by atoms with Crippen LogP contribution in [0.2, 0.25) is 0 Å². The topological polar surface area (TPSA) is 84.4 Å². The molecule has 1 saturated heterocycles. The summed E-state index contributed by atoms with van der Waals surface area (Å²) in [4.78, 5) is 6.73. The van der Waals surface area contributed by atoms with Crippen LogP contribution in [0.1, 0.15) is 58.2 Å².